The lowest BCUT2D eigenvalue weighted by atomic mass is 10.1. The van der Waals surface area contributed by atoms with Crippen molar-refractivity contribution in [3.05, 3.63) is 12.7 Å². The summed E-state index contributed by atoms with van der Waals surface area (Å²) in [6, 6.07) is 0. The topological polar surface area (TPSA) is 0 Å². The van der Waals surface area contributed by atoms with Crippen LogP contribution in [0.4, 0.5) is 0 Å². The second kappa shape index (κ2) is 21.1. The van der Waals surface area contributed by atoms with Crippen LogP contribution in [0.5, 0.6) is 0 Å². The van der Waals surface area contributed by atoms with Crippen LogP contribution in [0.15, 0.2) is 12.7 Å². The molecule has 0 bridgehead atoms. The van der Waals surface area contributed by atoms with Crippen LogP contribution in [-0.4, -0.2) is 0 Å². The van der Waals surface area contributed by atoms with Crippen LogP contribution in [0, 0.1) is 0 Å². The lowest BCUT2D eigenvalue weighted by Crippen LogP contribution is -1.76. The van der Waals surface area contributed by atoms with Crippen molar-refractivity contribution >= 4 is 0 Å². The van der Waals surface area contributed by atoms with E-state index in [1.54, 1.807) is 0 Å². The van der Waals surface area contributed by atoms with Crippen molar-refractivity contribution in [3.63, 3.8) is 0 Å². The maximum Gasteiger partial charge on any atom is -0.0353 e. The minimum Gasteiger partial charge on any atom is -0.103 e. The minimum absolute atomic E-state index is 1.20. The molecule has 0 amide bonds. The number of unbranched alkanes of at least 4 members (excludes halogenated alkanes) is 10. The lowest BCUT2D eigenvalue weighted by molar-refractivity contribution is 0.611. The first-order chi connectivity index (χ1) is 8.33. The maximum atomic E-state index is 3.69. The van der Waals surface area contributed by atoms with Crippen molar-refractivity contribution in [2.24, 2.45) is 0 Å². The van der Waals surface area contributed by atoms with E-state index in [9.17, 15) is 0 Å². The molecular weight excluding hydrogens is 204 g/mol. The Balaban J connectivity index is 0. The molecule has 0 radical (unpaired) electrons. The van der Waals surface area contributed by atoms with Crippen LogP contribution in [0.1, 0.15) is 97.8 Å². The molecule has 0 nitrogen and oxygen atoms in total. The molecule has 0 saturated heterocycles. The van der Waals surface area contributed by atoms with Gasteiger partial charge in [0, 0.05) is 0 Å². The molecule has 0 unspecified atom stereocenters. The molecular formula is C17H36. The van der Waals surface area contributed by atoms with E-state index in [0.717, 1.165) is 0 Å². The Morgan fingerprint density at radius 3 is 1.35 bits per heavy atom. The number of hydrogen-bond donors (Lipinski definition) is 0. The second-order valence-corrected chi connectivity index (χ2v) is 4.91. The average molecular weight is 240 g/mol. The molecule has 17 heavy (non-hydrogen) atoms. The predicted octanol–water partition coefficient (Wildman–Crippen LogP) is 6.90. The monoisotopic (exact) mass is 240 g/mol. The van der Waals surface area contributed by atoms with Crippen molar-refractivity contribution in [1.29, 1.82) is 0 Å². The largest absolute Gasteiger partial charge is 0.103 e. The summed E-state index contributed by atoms with van der Waals surface area (Å²) in [4.78, 5) is 0. The first-order valence-corrected chi connectivity index (χ1v) is 7.94. The summed E-state index contributed by atoms with van der Waals surface area (Å²) in [7, 11) is 0. The van der Waals surface area contributed by atoms with E-state index >= 15 is 0 Å². The molecule has 0 N–H and O–H groups in total. The van der Waals surface area contributed by atoms with Gasteiger partial charge in [-0.3, -0.25) is 0 Å². The fraction of sp³-hybridized carbons (Fsp3) is 0.882. The highest BCUT2D eigenvalue weighted by molar-refractivity contribution is 4.65. The van der Waals surface area contributed by atoms with Gasteiger partial charge in [-0.2, -0.15) is 0 Å². The van der Waals surface area contributed by atoms with E-state index in [1.165, 1.54) is 77.0 Å². The normalized spacial score (nSPS) is 9.59. The van der Waals surface area contributed by atoms with Gasteiger partial charge in [-0.1, -0.05) is 91.1 Å². The molecule has 0 aliphatic rings. The van der Waals surface area contributed by atoms with Crippen molar-refractivity contribution in [2.75, 3.05) is 0 Å². The molecule has 0 aliphatic heterocycles. The Kier molecular flexibility index (Phi) is 23.7. The summed E-state index contributed by atoms with van der Waals surface area (Å²) in [6.07, 6.45) is 18.6. The van der Waals surface area contributed by atoms with Gasteiger partial charge in [0.25, 0.3) is 0 Å². The van der Waals surface area contributed by atoms with Crippen molar-refractivity contribution < 1.29 is 0 Å². The SMILES string of the molecule is C=CCCCCCCCC.CCCCCCC. The first-order valence-electron chi connectivity index (χ1n) is 7.94. The molecule has 0 aromatic heterocycles. The van der Waals surface area contributed by atoms with Crippen molar-refractivity contribution in [2.45, 2.75) is 97.8 Å². The average Bonchev–Trinajstić information content (AvgIpc) is 2.35. The molecule has 104 valence electrons. The fourth-order valence-electron chi connectivity index (χ4n) is 1.75. The molecule has 0 atom stereocenters. The summed E-state index contributed by atoms with van der Waals surface area (Å²) in [5.41, 5.74) is 0. The van der Waals surface area contributed by atoms with E-state index in [-0.39, 0.29) is 0 Å². The number of allylic oxidation sites excluding steroid dienone is 1. The smallest absolute Gasteiger partial charge is 0.0353 e. The quantitative estimate of drug-likeness (QED) is 0.272. The summed E-state index contributed by atoms with van der Waals surface area (Å²) < 4.78 is 0. The molecule has 0 aromatic carbocycles. The van der Waals surface area contributed by atoms with Crippen LogP contribution in [-0.2, 0) is 0 Å². The van der Waals surface area contributed by atoms with Gasteiger partial charge in [-0.05, 0) is 12.8 Å². The van der Waals surface area contributed by atoms with Gasteiger partial charge in [0.05, 0.1) is 0 Å². The molecule has 0 spiro atoms. The van der Waals surface area contributed by atoms with E-state index in [0.29, 0.717) is 0 Å². The molecule has 0 fully saturated rings. The van der Waals surface area contributed by atoms with Gasteiger partial charge < -0.3 is 0 Å². The summed E-state index contributed by atoms with van der Waals surface area (Å²) in [5, 5.41) is 0. The molecule has 0 aromatic rings. The summed E-state index contributed by atoms with van der Waals surface area (Å²) in [6.45, 7) is 10.4. The predicted molar refractivity (Wildman–Crippen MR) is 82.6 cm³/mol. The van der Waals surface area contributed by atoms with Crippen LogP contribution in [0.3, 0.4) is 0 Å². The Morgan fingerprint density at radius 2 is 0.941 bits per heavy atom. The number of hydrogen-bond acceptors (Lipinski definition) is 0. The Labute approximate surface area is 111 Å². The fourth-order valence-corrected chi connectivity index (χ4v) is 1.75. The third-order valence-electron chi connectivity index (χ3n) is 2.97. The van der Waals surface area contributed by atoms with E-state index < -0.39 is 0 Å². The Morgan fingerprint density at radius 1 is 0.588 bits per heavy atom. The highest BCUT2D eigenvalue weighted by atomic mass is 13.9. The van der Waals surface area contributed by atoms with Gasteiger partial charge in [0.15, 0.2) is 0 Å². The zero-order chi connectivity index (χ0) is 13.2. The van der Waals surface area contributed by atoms with E-state index in [2.05, 4.69) is 27.4 Å². The lowest BCUT2D eigenvalue weighted by Gasteiger charge is -1.96. The van der Waals surface area contributed by atoms with Crippen molar-refractivity contribution in [3.8, 4) is 0 Å². The minimum atomic E-state index is 1.20. The standard InChI is InChI=1S/C10H20.C7H16/c1-3-5-7-9-10-8-6-4-2;1-3-5-7-6-4-2/h3H,1,4-10H2,2H3;3-7H2,1-2H3. The second-order valence-electron chi connectivity index (χ2n) is 4.91. The highest BCUT2D eigenvalue weighted by Crippen LogP contribution is 2.06. The van der Waals surface area contributed by atoms with Crippen LogP contribution in [0.2, 0.25) is 0 Å². The van der Waals surface area contributed by atoms with Crippen LogP contribution < -0.4 is 0 Å². The third-order valence-corrected chi connectivity index (χ3v) is 2.97. The third kappa shape index (κ3) is 25.8. The van der Waals surface area contributed by atoms with Gasteiger partial charge in [0.1, 0.15) is 0 Å². The van der Waals surface area contributed by atoms with Crippen LogP contribution in [0.25, 0.3) is 0 Å². The van der Waals surface area contributed by atoms with Gasteiger partial charge in [-0.15, -0.1) is 6.58 Å². The molecule has 0 saturated carbocycles. The maximum absolute atomic E-state index is 3.69. The molecule has 0 rings (SSSR count). The zero-order valence-electron chi connectivity index (χ0n) is 12.8. The summed E-state index contributed by atoms with van der Waals surface area (Å²) in [5.74, 6) is 0. The van der Waals surface area contributed by atoms with Gasteiger partial charge >= 0.3 is 0 Å². The highest BCUT2D eigenvalue weighted by Gasteiger charge is 1.86. The van der Waals surface area contributed by atoms with Gasteiger partial charge in [0.2, 0.25) is 0 Å². The molecule has 0 heterocycles. The Bertz CT molecular complexity index is 111. The number of rotatable bonds is 11. The van der Waals surface area contributed by atoms with Crippen LogP contribution >= 0.6 is 0 Å². The van der Waals surface area contributed by atoms with E-state index in [4.69, 9.17) is 0 Å². The first kappa shape index (κ1) is 19.1. The summed E-state index contributed by atoms with van der Waals surface area (Å²) >= 11 is 0. The van der Waals surface area contributed by atoms with Crippen molar-refractivity contribution in [1.82, 2.24) is 0 Å². The zero-order valence-corrected chi connectivity index (χ0v) is 12.8. The Hall–Kier alpha value is -0.260. The molecule has 0 aliphatic carbocycles. The molecule has 0 heteroatoms. The van der Waals surface area contributed by atoms with Gasteiger partial charge in [-0.25, -0.2) is 0 Å². The van der Waals surface area contributed by atoms with E-state index in [1.807, 2.05) is 6.08 Å².